The SMILES string of the molecule is C/C(=C/N)NCc1nc(-c2ccnc3[nH]ccc23)nc2c1OC[C@@H]1COC[C@@H](C)N21. The van der Waals surface area contributed by atoms with Crippen LogP contribution in [0.4, 0.5) is 5.82 Å². The highest BCUT2D eigenvalue weighted by molar-refractivity contribution is 5.91. The molecule has 9 heteroatoms. The molecule has 2 aliphatic heterocycles. The largest absolute Gasteiger partial charge is 0.486 e. The molecule has 9 nitrogen and oxygen atoms in total. The number of H-pyrrole nitrogens is 1. The first-order valence-corrected chi connectivity index (χ1v) is 10.1. The molecule has 2 aliphatic rings. The molecule has 2 atom stereocenters. The van der Waals surface area contributed by atoms with Crippen LogP contribution in [0.15, 0.2) is 36.4 Å². The zero-order valence-corrected chi connectivity index (χ0v) is 17.1. The summed E-state index contributed by atoms with van der Waals surface area (Å²) in [4.78, 5) is 19.7. The van der Waals surface area contributed by atoms with Crippen molar-refractivity contribution >= 4 is 16.9 Å². The van der Waals surface area contributed by atoms with E-state index in [0.717, 1.165) is 39.6 Å². The van der Waals surface area contributed by atoms with Crippen molar-refractivity contribution in [2.24, 2.45) is 5.73 Å². The summed E-state index contributed by atoms with van der Waals surface area (Å²) in [5, 5.41) is 4.28. The van der Waals surface area contributed by atoms with Gasteiger partial charge in [0, 0.05) is 35.2 Å². The molecule has 0 aromatic carbocycles. The molecule has 1 saturated heterocycles. The van der Waals surface area contributed by atoms with Crippen molar-refractivity contribution < 1.29 is 9.47 Å². The van der Waals surface area contributed by atoms with Gasteiger partial charge in [0.2, 0.25) is 0 Å². The number of morpholine rings is 1. The molecule has 0 saturated carbocycles. The first-order chi connectivity index (χ1) is 14.7. The van der Waals surface area contributed by atoms with Gasteiger partial charge in [-0.15, -0.1) is 0 Å². The molecule has 30 heavy (non-hydrogen) atoms. The van der Waals surface area contributed by atoms with Crippen molar-refractivity contribution in [3.05, 3.63) is 42.1 Å². The van der Waals surface area contributed by atoms with Crippen LogP contribution in [0, 0.1) is 0 Å². The minimum atomic E-state index is 0.139. The average Bonchev–Trinajstić information content (AvgIpc) is 3.25. The molecule has 0 amide bonds. The minimum absolute atomic E-state index is 0.139. The third-order valence-corrected chi connectivity index (χ3v) is 5.61. The lowest BCUT2D eigenvalue weighted by atomic mass is 10.1. The predicted molar refractivity (Wildman–Crippen MR) is 114 cm³/mol. The number of anilines is 1. The van der Waals surface area contributed by atoms with Gasteiger partial charge in [0.15, 0.2) is 17.4 Å². The highest BCUT2D eigenvalue weighted by Gasteiger charge is 2.37. The fourth-order valence-electron chi connectivity index (χ4n) is 4.07. The van der Waals surface area contributed by atoms with Gasteiger partial charge >= 0.3 is 0 Å². The molecule has 3 aromatic heterocycles. The summed E-state index contributed by atoms with van der Waals surface area (Å²) < 4.78 is 11.9. The Morgan fingerprint density at radius 3 is 3.10 bits per heavy atom. The summed E-state index contributed by atoms with van der Waals surface area (Å²) in [6.07, 6.45) is 5.19. The van der Waals surface area contributed by atoms with E-state index in [1.807, 2.05) is 25.3 Å². The number of aromatic amines is 1. The summed E-state index contributed by atoms with van der Waals surface area (Å²) in [6.45, 7) is 6.40. The number of fused-ring (bicyclic) bond motifs is 4. The maximum Gasteiger partial charge on any atom is 0.185 e. The highest BCUT2D eigenvalue weighted by Crippen LogP contribution is 2.39. The normalized spacial score (nSPS) is 21.1. The number of ether oxygens (including phenoxy) is 2. The Hall–Kier alpha value is -3.33. The van der Waals surface area contributed by atoms with Crippen molar-refractivity contribution in [2.45, 2.75) is 32.5 Å². The maximum absolute atomic E-state index is 6.15. The number of nitrogens with zero attached hydrogens (tertiary/aromatic N) is 4. The first-order valence-electron chi connectivity index (χ1n) is 10.1. The Balaban J connectivity index is 1.66. The molecule has 156 valence electrons. The summed E-state index contributed by atoms with van der Waals surface area (Å²) in [7, 11) is 0. The second kappa shape index (κ2) is 7.49. The van der Waals surface area contributed by atoms with Crippen LogP contribution in [0.2, 0.25) is 0 Å². The molecule has 5 heterocycles. The molecule has 1 fully saturated rings. The van der Waals surface area contributed by atoms with Gasteiger partial charge in [0.1, 0.15) is 17.9 Å². The smallest absolute Gasteiger partial charge is 0.185 e. The van der Waals surface area contributed by atoms with Crippen LogP contribution in [0.5, 0.6) is 5.75 Å². The predicted octanol–water partition coefficient (Wildman–Crippen LogP) is 1.92. The van der Waals surface area contributed by atoms with Gasteiger partial charge in [-0.2, -0.15) is 0 Å². The van der Waals surface area contributed by atoms with Gasteiger partial charge in [0.25, 0.3) is 0 Å². The molecule has 3 aromatic rings. The number of hydrogen-bond acceptors (Lipinski definition) is 8. The Kier molecular flexibility index (Phi) is 4.66. The third-order valence-electron chi connectivity index (χ3n) is 5.61. The first kappa shape index (κ1) is 18.7. The van der Waals surface area contributed by atoms with Gasteiger partial charge in [-0.1, -0.05) is 0 Å². The fraction of sp³-hybridized carbons (Fsp3) is 0.381. The molecular weight excluding hydrogens is 382 g/mol. The van der Waals surface area contributed by atoms with Crippen LogP contribution >= 0.6 is 0 Å². The van der Waals surface area contributed by atoms with Gasteiger partial charge < -0.3 is 30.4 Å². The zero-order chi connectivity index (χ0) is 20.7. The number of nitrogens with one attached hydrogen (secondary N) is 2. The van der Waals surface area contributed by atoms with E-state index in [-0.39, 0.29) is 12.1 Å². The second-order valence-electron chi connectivity index (χ2n) is 7.71. The van der Waals surface area contributed by atoms with E-state index in [9.17, 15) is 0 Å². The van der Waals surface area contributed by atoms with E-state index in [2.05, 4.69) is 27.1 Å². The van der Waals surface area contributed by atoms with E-state index in [1.54, 1.807) is 12.4 Å². The lowest BCUT2D eigenvalue weighted by Crippen LogP contribution is -2.56. The van der Waals surface area contributed by atoms with Crippen LogP contribution in [0.3, 0.4) is 0 Å². The molecular formula is C21H25N7O2. The van der Waals surface area contributed by atoms with Crippen molar-refractivity contribution in [1.29, 1.82) is 0 Å². The molecule has 0 unspecified atom stereocenters. The van der Waals surface area contributed by atoms with E-state index in [0.29, 0.717) is 32.2 Å². The Bertz CT molecular complexity index is 1110. The molecule has 0 radical (unpaired) electrons. The fourth-order valence-corrected chi connectivity index (χ4v) is 4.07. The van der Waals surface area contributed by atoms with Crippen molar-refractivity contribution in [2.75, 3.05) is 24.7 Å². The van der Waals surface area contributed by atoms with Crippen LogP contribution in [-0.2, 0) is 11.3 Å². The van der Waals surface area contributed by atoms with Gasteiger partial charge in [-0.05, 0) is 26.0 Å². The minimum Gasteiger partial charge on any atom is -0.486 e. The van der Waals surface area contributed by atoms with Gasteiger partial charge in [-0.25, -0.2) is 15.0 Å². The lowest BCUT2D eigenvalue weighted by molar-refractivity contribution is 0.0483. The molecule has 5 rings (SSSR count). The van der Waals surface area contributed by atoms with Crippen molar-refractivity contribution in [3.8, 4) is 17.1 Å². The van der Waals surface area contributed by atoms with Crippen LogP contribution in [-0.4, -0.2) is 51.8 Å². The molecule has 0 aliphatic carbocycles. The Morgan fingerprint density at radius 2 is 2.23 bits per heavy atom. The monoisotopic (exact) mass is 407 g/mol. The summed E-state index contributed by atoms with van der Waals surface area (Å²) >= 11 is 0. The Morgan fingerprint density at radius 1 is 1.33 bits per heavy atom. The van der Waals surface area contributed by atoms with E-state index >= 15 is 0 Å². The summed E-state index contributed by atoms with van der Waals surface area (Å²) in [5.74, 6) is 2.19. The molecule has 0 bridgehead atoms. The number of rotatable bonds is 4. The topological polar surface area (TPSA) is 114 Å². The van der Waals surface area contributed by atoms with Crippen LogP contribution < -0.4 is 20.7 Å². The summed E-state index contributed by atoms with van der Waals surface area (Å²) in [6, 6.07) is 4.28. The van der Waals surface area contributed by atoms with E-state index in [4.69, 9.17) is 25.2 Å². The number of hydrogen-bond donors (Lipinski definition) is 3. The van der Waals surface area contributed by atoms with Crippen molar-refractivity contribution in [1.82, 2.24) is 25.3 Å². The van der Waals surface area contributed by atoms with Crippen molar-refractivity contribution in [3.63, 3.8) is 0 Å². The van der Waals surface area contributed by atoms with Gasteiger partial charge in [0.05, 0.1) is 31.8 Å². The highest BCUT2D eigenvalue weighted by atomic mass is 16.5. The maximum atomic E-state index is 6.15. The average molecular weight is 407 g/mol. The van der Waals surface area contributed by atoms with Crippen LogP contribution in [0.25, 0.3) is 22.4 Å². The number of allylic oxidation sites excluding steroid dienone is 1. The summed E-state index contributed by atoms with van der Waals surface area (Å²) in [5.41, 5.74) is 9.04. The number of pyridine rings is 1. The van der Waals surface area contributed by atoms with E-state index < -0.39 is 0 Å². The lowest BCUT2D eigenvalue weighted by Gasteiger charge is -2.44. The van der Waals surface area contributed by atoms with Crippen LogP contribution in [0.1, 0.15) is 19.5 Å². The number of aromatic nitrogens is 4. The molecule has 4 N–H and O–H groups in total. The third kappa shape index (κ3) is 3.11. The van der Waals surface area contributed by atoms with E-state index in [1.165, 1.54) is 0 Å². The van der Waals surface area contributed by atoms with Gasteiger partial charge in [-0.3, -0.25) is 0 Å². The second-order valence-corrected chi connectivity index (χ2v) is 7.71. The Labute approximate surface area is 174 Å². The standard InChI is InChI=1S/C21H25N7O2/c1-12(7-22)25-8-17-18-21(28-13(2)9-29-10-14(28)11-30-18)27-20(26-17)16-4-6-24-19-15(16)3-5-23-19/h3-7,13-14,25H,8-11,22H2,1-2H3,(H,23,24)/b12-7-/t13-,14+/m1/s1. The quantitative estimate of drug-likeness (QED) is 0.601. The molecule has 0 spiro atoms. The number of nitrogens with two attached hydrogens (primary N) is 1. The zero-order valence-electron chi connectivity index (χ0n) is 17.1.